The second kappa shape index (κ2) is 8.57. The summed E-state index contributed by atoms with van der Waals surface area (Å²) in [4.78, 5) is 25.7. The minimum absolute atomic E-state index is 0. The molecule has 27 heavy (non-hydrogen) atoms. The number of rotatable bonds is 5. The van der Waals surface area contributed by atoms with E-state index in [-0.39, 0.29) is 34.3 Å². The van der Waals surface area contributed by atoms with E-state index >= 15 is 0 Å². The van der Waals surface area contributed by atoms with Crippen LogP contribution < -0.4 is 5.32 Å². The van der Waals surface area contributed by atoms with Crippen molar-refractivity contribution in [3.8, 4) is 0 Å². The first-order valence-corrected chi connectivity index (χ1v) is 9.57. The zero-order valence-corrected chi connectivity index (χ0v) is 17.2. The van der Waals surface area contributed by atoms with Gasteiger partial charge in [-0.2, -0.15) is 0 Å². The highest BCUT2D eigenvalue weighted by atomic mass is 35.5. The predicted octanol–water partition coefficient (Wildman–Crippen LogP) is 3.92. The molecule has 2 fully saturated rings. The number of amides is 1. The summed E-state index contributed by atoms with van der Waals surface area (Å²) in [5, 5.41) is 15.1. The number of nitrogens with zero attached hydrogens (tertiary/aromatic N) is 2. The molecule has 0 aromatic heterocycles. The van der Waals surface area contributed by atoms with Crippen molar-refractivity contribution in [1.29, 1.82) is 0 Å². The third-order valence-electron chi connectivity index (χ3n) is 5.42. The predicted molar refractivity (Wildman–Crippen MR) is 109 cm³/mol. The summed E-state index contributed by atoms with van der Waals surface area (Å²) < 4.78 is 0. The van der Waals surface area contributed by atoms with Gasteiger partial charge in [-0.25, -0.2) is 0 Å². The molecule has 1 saturated carbocycles. The van der Waals surface area contributed by atoms with Crippen LogP contribution >= 0.6 is 12.4 Å². The van der Waals surface area contributed by atoms with E-state index in [4.69, 9.17) is 0 Å². The number of nitro groups is 1. The Bertz CT molecular complexity index is 690. The van der Waals surface area contributed by atoms with Gasteiger partial charge in [-0.15, -0.1) is 12.4 Å². The molecule has 1 amide bonds. The molecular weight excluding hydrogens is 366 g/mol. The van der Waals surface area contributed by atoms with Gasteiger partial charge < -0.3 is 10.2 Å². The third kappa shape index (κ3) is 5.42. The van der Waals surface area contributed by atoms with Gasteiger partial charge >= 0.3 is 0 Å². The zero-order valence-electron chi connectivity index (χ0n) is 16.4. The number of halogens is 1. The lowest BCUT2D eigenvalue weighted by atomic mass is 9.85. The molecule has 0 unspecified atom stereocenters. The van der Waals surface area contributed by atoms with E-state index in [1.807, 2.05) is 25.7 Å². The molecule has 1 saturated heterocycles. The fourth-order valence-electron chi connectivity index (χ4n) is 3.57. The second-order valence-electron chi connectivity index (χ2n) is 8.66. The van der Waals surface area contributed by atoms with Crippen LogP contribution in [0.2, 0.25) is 0 Å². The summed E-state index contributed by atoms with van der Waals surface area (Å²) in [6.45, 7) is 8.33. The van der Waals surface area contributed by atoms with Gasteiger partial charge in [-0.1, -0.05) is 26.8 Å². The third-order valence-corrected chi connectivity index (χ3v) is 5.42. The maximum absolute atomic E-state index is 12.8. The normalized spacial score (nSPS) is 18.1. The first-order valence-electron chi connectivity index (χ1n) is 9.57. The Morgan fingerprint density at radius 2 is 1.85 bits per heavy atom. The highest BCUT2D eigenvalue weighted by Gasteiger charge is 2.29. The molecule has 0 atom stereocenters. The lowest BCUT2D eigenvalue weighted by Crippen LogP contribution is -2.45. The molecule has 1 aromatic carbocycles. The van der Waals surface area contributed by atoms with Crippen LogP contribution in [0.1, 0.15) is 62.4 Å². The Labute approximate surface area is 167 Å². The average Bonchev–Trinajstić information content (AvgIpc) is 3.43. The average molecular weight is 396 g/mol. The molecule has 3 rings (SSSR count). The molecule has 6 nitrogen and oxygen atoms in total. The number of hydrogen-bond acceptors (Lipinski definition) is 4. The molecular formula is C20H30ClN3O3. The largest absolute Gasteiger partial charge is 0.339 e. The van der Waals surface area contributed by atoms with Crippen molar-refractivity contribution in [3.05, 3.63) is 39.4 Å². The number of carbonyl (C=O) groups is 1. The maximum Gasteiger partial charge on any atom is 0.273 e. The summed E-state index contributed by atoms with van der Waals surface area (Å²) in [5.74, 6) is 0.755. The molecule has 2 aliphatic rings. The molecule has 1 aromatic rings. The van der Waals surface area contributed by atoms with Crippen LogP contribution in [0.5, 0.6) is 0 Å². The number of hydrogen-bond donors (Lipinski definition) is 1. The standard InChI is InChI=1S/C20H29N3O3.ClH/c1-20(2,3)17-7-6-15(12-18(17)23(25)26)19(24)22-10-8-16(9-11-22)21-13-14-4-5-14;/h6-7,12,14,16,21H,4-5,8-11,13H2,1-3H3;1H. The second-order valence-corrected chi connectivity index (χ2v) is 8.66. The van der Waals surface area contributed by atoms with Crippen molar-refractivity contribution in [1.82, 2.24) is 10.2 Å². The summed E-state index contributed by atoms with van der Waals surface area (Å²) in [7, 11) is 0. The van der Waals surface area contributed by atoms with Crippen LogP contribution in [0.4, 0.5) is 5.69 Å². The highest BCUT2D eigenvalue weighted by Crippen LogP contribution is 2.32. The van der Waals surface area contributed by atoms with Gasteiger partial charge in [-0.3, -0.25) is 14.9 Å². The van der Waals surface area contributed by atoms with Crippen LogP contribution in [-0.4, -0.2) is 41.4 Å². The van der Waals surface area contributed by atoms with E-state index in [2.05, 4.69) is 5.32 Å². The van der Waals surface area contributed by atoms with Gasteiger partial charge in [0.1, 0.15) is 0 Å². The van der Waals surface area contributed by atoms with E-state index in [0.29, 0.717) is 30.3 Å². The van der Waals surface area contributed by atoms with Gasteiger partial charge in [0, 0.05) is 36.3 Å². The van der Waals surface area contributed by atoms with E-state index in [9.17, 15) is 14.9 Å². The van der Waals surface area contributed by atoms with Gasteiger partial charge in [0.15, 0.2) is 0 Å². The molecule has 0 bridgehead atoms. The minimum atomic E-state index is -0.384. The van der Waals surface area contributed by atoms with Crippen LogP contribution in [0.25, 0.3) is 0 Å². The molecule has 1 N–H and O–H groups in total. The minimum Gasteiger partial charge on any atom is -0.339 e. The monoisotopic (exact) mass is 395 g/mol. The fraction of sp³-hybridized carbons (Fsp3) is 0.650. The molecule has 0 spiro atoms. The lowest BCUT2D eigenvalue weighted by molar-refractivity contribution is -0.386. The van der Waals surface area contributed by atoms with Crippen LogP contribution in [0, 0.1) is 16.0 Å². The van der Waals surface area contributed by atoms with E-state index in [1.54, 1.807) is 12.1 Å². The maximum atomic E-state index is 12.8. The van der Waals surface area contributed by atoms with Crippen LogP contribution in [-0.2, 0) is 5.41 Å². The lowest BCUT2D eigenvalue weighted by Gasteiger charge is -2.32. The number of carbonyl (C=O) groups excluding carboxylic acids is 1. The Hall–Kier alpha value is -1.66. The van der Waals surface area contributed by atoms with Gasteiger partial charge in [0.2, 0.25) is 0 Å². The molecule has 0 radical (unpaired) electrons. The number of nitrogens with one attached hydrogen (secondary N) is 1. The van der Waals surface area contributed by atoms with Crippen molar-refractivity contribution >= 4 is 24.0 Å². The smallest absolute Gasteiger partial charge is 0.273 e. The number of piperidine rings is 1. The fourth-order valence-corrected chi connectivity index (χ4v) is 3.57. The molecule has 1 aliphatic carbocycles. The van der Waals surface area contributed by atoms with Gasteiger partial charge in [-0.05, 0) is 49.6 Å². The van der Waals surface area contributed by atoms with Crippen molar-refractivity contribution in [2.24, 2.45) is 5.92 Å². The van der Waals surface area contributed by atoms with Crippen LogP contribution in [0.3, 0.4) is 0 Å². The Balaban J connectivity index is 0.00000261. The first kappa shape index (κ1) is 21.6. The molecule has 7 heteroatoms. The summed E-state index contributed by atoms with van der Waals surface area (Å²) in [5.41, 5.74) is 0.760. The van der Waals surface area contributed by atoms with Crippen LogP contribution in [0.15, 0.2) is 18.2 Å². The SMILES string of the molecule is CC(C)(C)c1ccc(C(=O)N2CCC(NCC3CC3)CC2)cc1[N+](=O)[O-].Cl. The molecule has 150 valence electrons. The molecule has 1 heterocycles. The van der Waals surface area contributed by atoms with Crippen molar-refractivity contribution in [3.63, 3.8) is 0 Å². The zero-order chi connectivity index (χ0) is 18.9. The first-order chi connectivity index (χ1) is 12.3. The van der Waals surface area contributed by atoms with Crippen molar-refractivity contribution in [2.45, 2.75) is 57.9 Å². The quantitative estimate of drug-likeness (QED) is 0.605. The summed E-state index contributed by atoms with van der Waals surface area (Å²) in [6, 6.07) is 5.39. The van der Waals surface area contributed by atoms with E-state index in [0.717, 1.165) is 25.3 Å². The Kier molecular flexibility index (Phi) is 6.87. The van der Waals surface area contributed by atoms with Gasteiger partial charge in [0.25, 0.3) is 11.6 Å². The topological polar surface area (TPSA) is 75.5 Å². The van der Waals surface area contributed by atoms with Gasteiger partial charge in [0.05, 0.1) is 4.92 Å². The highest BCUT2D eigenvalue weighted by molar-refractivity contribution is 5.95. The van der Waals surface area contributed by atoms with Crippen molar-refractivity contribution in [2.75, 3.05) is 19.6 Å². The summed E-state index contributed by atoms with van der Waals surface area (Å²) in [6.07, 6.45) is 4.57. The number of nitro benzene ring substituents is 1. The van der Waals surface area contributed by atoms with E-state index < -0.39 is 0 Å². The summed E-state index contributed by atoms with van der Waals surface area (Å²) >= 11 is 0. The Morgan fingerprint density at radius 3 is 2.37 bits per heavy atom. The molecule has 1 aliphatic heterocycles. The van der Waals surface area contributed by atoms with Crippen molar-refractivity contribution < 1.29 is 9.72 Å². The van der Waals surface area contributed by atoms with E-state index in [1.165, 1.54) is 18.9 Å². The number of benzene rings is 1. The number of likely N-dealkylation sites (tertiary alicyclic amines) is 1. The Morgan fingerprint density at radius 1 is 1.22 bits per heavy atom.